The Morgan fingerprint density at radius 3 is 2.75 bits per heavy atom. The van der Waals surface area contributed by atoms with Crippen LogP contribution in [0.15, 0.2) is 53.9 Å². The second-order valence-electron chi connectivity index (χ2n) is 5.03. The van der Waals surface area contributed by atoms with E-state index >= 15 is 0 Å². The number of carbonyl (C=O) groups excluding carboxylic acids is 1. The average Bonchev–Trinajstić information content (AvgIpc) is 3.04. The van der Waals surface area contributed by atoms with Crippen molar-refractivity contribution in [2.24, 2.45) is 0 Å². The van der Waals surface area contributed by atoms with E-state index in [2.05, 4.69) is 15.2 Å². The number of pyridine rings is 1. The van der Waals surface area contributed by atoms with Crippen LogP contribution in [-0.4, -0.2) is 38.6 Å². The van der Waals surface area contributed by atoms with Gasteiger partial charge >= 0.3 is 5.97 Å². The molecule has 0 saturated heterocycles. The first-order valence-corrected chi connectivity index (χ1v) is 8.30. The molecule has 0 atom stereocenters. The second-order valence-corrected chi connectivity index (χ2v) is 5.98. The van der Waals surface area contributed by atoms with Crippen molar-refractivity contribution < 1.29 is 9.53 Å². The summed E-state index contributed by atoms with van der Waals surface area (Å²) in [5.74, 6) is 0.556. The summed E-state index contributed by atoms with van der Waals surface area (Å²) in [6.07, 6.45) is 3.46. The minimum Gasteiger partial charge on any atom is -0.468 e. The van der Waals surface area contributed by atoms with E-state index in [1.54, 1.807) is 12.4 Å². The van der Waals surface area contributed by atoms with Crippen LogP contribution in [0, 0.1) is 6.92 Å². The summed E-state index contributed by atoms with van der Waals surface area (Å²) in [6.45, 7) is 2.02. The smallest absolute Gasteiger partial charge is 0.316 e. The molecule has 0 radical (unpaired) electrons. The van der Waals surface area contributed by atoms with Gasteiger partial charge in [-0.1, -0.05) is 30.0 Å². The Kier molecular flexibility index (Phi) is 4.90. The topological polar surface area (TPSA) is 69.9 Å². The van der Waals surface area contributed by atoms with Crippen molar-refractivity contribution in [1.82, 2.24) is 19.7 Å². The van der Waals surface area contributed by atoms with Gasteiger partial charge in [-0.25, -0.2) is 0 Å². The molecule has 0 N–H and O–H groups in total. The van der Waals surface area contributed by atoms with Crippen molar-refractivity contribution in [3.63, 3.8) is 0 Å². The number of benzene rings is 1. The van der Waals surface area contributed by atoms with Crippen molar-refractivity contribution in [2.45, 2.75) is 12.1 Å². The molecule has 0 bridgehead atoms. The van der Waals surface area contributed by atoms with Crippen LogP contribution in [0.1, 0.15) is 5.56 Å². The zero-order chi connectivity index (χ0) is 16.9. The number of thioether (sulfide) groups is 1. The molecule has 0 aliphatic rings. The van der Waals surface area contributed by atoms with E-state index in [4.69, 9.17) is 4.74 Å². The fraction of sp³-hybridized carbons (Fsp3) is 0.176. The summed E-state index contributed by atoms with van der Waals surface area (Å²) in [4.78, 5) is 15.6. The van der Waals surface area contributed by atoms with Crippen LogP contribution in [0.3, 0.4) is 0 Å². The van der Waals surface area contributed by atoms with Crippen molar-refractivity contribution in [2.75, 3.05) is 12.9 Å². The quantitative estimate of drug-likeness (QED) is 0.525. The van der Waals surface area contributed by atoms with E-state index in [9.17, 15) is 4.79 Å². The van der Waals surface area contributed by atoms with Gasteiger partial charge < -0.3 is 4.74 Å². The molecule has 0 aliphatic heterocycles. The normalized spacial score (nSPS) is 10.6. The van der Waals surface area contributed by atoms with E-state index in [1.807, 2.05) is 47.9 Å². The Balaban J connectivity index is 2.09. The first-order valence-electron chi connectivity index (χ1n) is 7.32. The summed E-state index contributed by atoms with van der Waals surface area (Å²) in [6, 6.07) is 11.8. The number of methoxy groups -OCH3 is 1. The Morgan fingerprint density at radius 1 is 1.21 bits per heavy atom. The third-order valence-electron chi connectivity index (χ3n) is 3.46. The molecule has 0 unspecified atom stereocenters. The van der Waals surface area contributed by atoms with Gasteiger partial charge in [-0.15, -0.1) is 10.2 Å². The number of nitrogens with zero attached hydrogens (tertiary/aromatic N) is 4. The van der Waals surface area contributed by atoms with Crippen LogP contribution in [0.4, 0.5) is 0 Å². The number of aromatic nitrogens is 4. The Hall–Kier alpha value is -2.67. The fourth-order valence-electron chi connectivity index (χ4n) is 2.26. The van der Waals surface area contributed by atoms with Crippen LogP contribution in [0.2, 0.25) is 0 Å². The molecule has 24 heavy (non-hydrogen) atoms. The Labute approximate surface area is 143 Å². The van der Waals surface area contributed by atoms with Gasteiger partial charge in [0.2, 0.25) is 0 Å². The largest absolute Gasteiger partial charge is 0.468 e. The highest BCUT2D eigenvalue weighted by Gasteiger charge is 2.18. The predicted molar refractivity (Wildman–Crippen MR) is 92.1 cm³/mol. The standard InChI is InChI=1S/C17H16N4O2S/c1-12-6-3-4-8-14(12)21-16(13-7-5-9-18-10-13)19-20-17(21)24-11-15(22)23-2/h3-10H,11H2,1-2H3. The molecule has 0 fully saturated rings. The first-order chi connectivity index (χ1) is 11.7. The van der Waals surface area contributed by atoms with Crippen LogP contribution in [0.25, 0.3) is 17.1 Å². The number of esters is 1. The van der Waals surface area contributed by atoms with E-state index in [0.29, 0.717) is 11.0 Å². The molecular formula is C17H16N4O2S. The maximum atomic E-state index is 11.5. The van der Waals surface area contributed by atoms with Gasteiger partial charge in [0.05, 0.1) is 18.6 Å². The van der Waals surface area contributed by atoms with E-state index in [1.165, 1.54) is 18.9 Å². The average molecular weight is 340 g/mol. The number of rotatable bonds is 5. The van der Waals surface area contributed by atoms with Crippen LogP contribution >= 0.6 is 11.8 Å². The maximum Gasteiger partial charge on any atom is 0.316 e. The molecule has 122 valence electrons. The summed E-state index contributed by atoms with van der Waals surface area (Å²) in [5, 5.41) is 9.20. The highest BCUT2D eigenvalue weighted by molar-refractivity contribution is 7.99. The zero-order valence-electron chi connectivity index (χ0n) is 13.3. The molecular weight excluding hydrogens is 324 g/mol. The van der Waals surface area contributed by atoms with Crippen molar-refractivity contribution >= 4 is 17.7 Å². The monoisotopic (exact) mass is 340 g/mol. The third-order valence-corrected chi connectivity index (χ3v) is 4.36. The van der Waals surface area contributed by atoms with Gasteiger partial charge in [-0.05, 0) is 30.7 Å². The minimum atomic E-state index is -0.303. The number of carbonyl (C=O) groups is 1. The SMILES string of the molecule is COC(=O)CSc1nnc(-c2cccnc2)n1-c1ccccc1C. The highest BCUT2D eigenvalue weighted by Crippen LogP contribution is 2.29. The molecule has 3 aromatic rings. The molecule has 7 heteroatoms. The van der Waals surface area contributed by atoms with Crippen molar-refractivity contribution in [1.29, 1.82) is 0 Å². The highest BCUT2D eigenvalue weighted by atomic mass is 32.2. The van der Waals surface area contributed by atoms with Crippen LogP contribution in [-0.2, 0) is 9.53 Å². The zero-order valence-corrected chi connectivity index (χ0v) is 14.2. The number of hydrogen-bond donors (Lipinski definition) is 0. The van der Waals surface area contributed by atoms with Crippen molar-refractivity contribution in [3.8, 4) is 17.1 Å². The molecule has 2 aromatic heterocycles. The van der Waals surface area contributed by atoms with Gasteiger partial charge in [-0.3, -0.25) is 14.3 Å². The fourth-order valence-corrected chi connectivity index (χ4v) is 3.04. The van der Waals surface area contributed by atoms with E-state index in [-0.39, 0.29) is 11.7 Å². The second kappa shape index (κ2) is 7.27. The molecule has 0 amide bonds. The minimum absolute atomic E-state index is 0.174. The lowest BCUT2D eigenvalue weighted by Gasteiger charge is -2.12. The Bertz CT molecular complexity index is 849. The molecule has 3 rings (SSSR count). The molecule has 0 spiro atoms. The Morgan fingerprint density at radius 2 is 2.04 bits per heavy atom. The molecule has 0 aliphatic carbocycles. The van der Waals surface area contributed by atoms with Gasteiger partial charge in [0.15, 0.2) is 11.0 Å². The number of para-hydroxylation sites is 1. The molecule has 1 aromatic carbocycles. The molecule has 6 nitrogen and oxygen atoms in total. The van der Waals surface area contributed by atoms with Gasteiger partial charge in [0, 0.05) is 18.0 Å². The maximum absolute atomic E-state index is 11.5. The molecule has 2 heterocycles. The van der Waals surface area contributed by atoms with Gasteiger partial charge in [0.1, 0.15) is 0 Å². The summed E-state index contributed by atoms with van der Waals surface area (Å²) < 4.78 is 6.65. The van der Waals surface area contributed by atoms with Crippen LogP contribution < -0.4 is 0 Å². The summed E-state index contributed by atoms with van der Waals surface area (Å²) in [5.41, 5.74) is 2.91. The van der Waals surface area contributed by atoms with Crippen LogP contribution in [0.5, 0.6) is 0 Å². The predicted octanol–water partition coefficient (Wildman–Crippen LogP) is 2.90. The number of ether oxygens (including phenoxy) is 1. The molecule has 0 saturated carbocycles. The lowest BCUT2D eigenvalue weighted by Crippen LogP contribution is -2.06. The van der Waals surface area contributed by atoms with Gasteiger partial charge in [-0.2, -0.15) is 0 Å². The number of hydrogen-bond acceptors (Lipinski definition) is 6. The lowest BCUT2D eigenvalue weighted by molar-refractivity contribution is -0.137. The van der Waals surface area contributed by atoms with Crippen molar-refractivity contribution in [3.05, 3.63) is 54.4 Å². The van der Waals surface area contributed by atoms with E-state index < -0.39 is 0 Å². The van der Waals surface area contributed by atoms with E-state index in [0.717, 1.165) is 16.8 Å². The summed E-state index contributed by atoms with van der Waals surface area (Å²) >= 11 is 1.29. The number of aryl methyl sites for hydroxylation is 1. The van der Waals surface area contributed by atoms with Gasteiger partial charge in [0.25, 0.3) is 0 Å². The first kappa shape index (κ1) is 16.2. The summed E-state index contributed by atoms with van der Waals surface area (Å²) in [7, 11) is 1.37. The third kappa shape index (κ3) is 3.30. The lowest BCUT2D eigenvalue weighted by atomic mass is 10.2.